The molecule has 1 aliphatic heterocycles. The Hall–Kier alpha value is -3.65. The number of fused-ring (bicyclic) bond motifs is 1. The lowest BCUT2D eigenvalue weighted by atomic mass is 10.1. The molecule has 1 amide bonds. The van der Waals surface area contributed by atoms with Gasteiger partial charge in [-0.2, -0.15) is 5.26 Å². The van der Waals surface area contributed by atoms with Crippen LogP contribution >= 0.6 is 0 Å². The number of benzene rings is 2. The van der Waals surface area contributed by atoms with Gasteiger partial charge in [0.05, 0.1) is 29.1 Å². The fraction of sp³-hybridized carbons (Fsp3) is 0.136. The van der Waals surface area contributed by atoms with Crippen molar-refractivity contribution in [3.8, 4) is 6.07 Å². The molecule has 0 spiro atoms. The van der Waals surface area contributed by atoms with E-state index < -0.39 is 0 Å². The molecule has 1 aromatic heterocycles. The van der Waals surface area contributed by atoms with Crippen LogP contribution in [0.3, 0.4) is 0 Å². The van der Waals surface area contributed by atoms with Crippen LogP contribution in [0.25, 0.3) is 0 Å². The number of hydrogen-bond donors (Lipinski definition) is 1. The maximum Gasteiger partial charge on any atom is 0.257 e. The molecule has 3 aromatic rings. The smallest absolute Gasteiger partial charge is 0.257 e. The topological polar surface area (TPSA) is 69.0 Å². The largest absolute Gasteiger partial charge is 0.337 e. The van der Waals surface area contributed by atoms with Crippen LogP contribution in [0.15, 0.2) is 67.0 Å². The van der Waals surface area contributed by atoms with Crippen molar-refractivity contribution in [1.29, 1.82) is 5.26 Å². The van der Waals surface area contributed by atoms with Crippen molar-refractivity contribution in [2.24, 2.45) is 0 Å². The molecule has 1 N–H and O–H groups in total. The first kappa shape index (κ1) is 16.8. The molecule has 0 saturated heterocycles. The molecule has 5 nitrogen and oxygen atoms in total. The van der Waals surface area contributed by atoms with Gasteiger partial charge in [-0.3, -0.25) is 9.78 Å². The minimum atomic E-state index is -0.228. The van der Waals surface area contributed by atoms with E-state index in [-0.39, 0.29) is 5.91 Å². The molecule has 0 radical (unpaired) electrons. The van der Waals surface area contributed by atoms with Crippen LogP contribution in [-0.4, -0.2) is 16.9 Å². The average Bonchev–Trinajstić information content (AvgIpc) is 3.04. The van der Waals surface area contributed by atoms with Crippen LogP contribution in [-0.2, 0) is 6.42 Å². The maximum atomic E-state index is 12.6. The lowest BCUT2D eigenvalue weighted by Crippen LogP contribution is -2.24. The number of amides is 1. The van der Waals surface area contributed by atoms with Gasteiger partial charge >= 0.3 is 0 Å². The Labute approximate surface area is 157 Å². The number of hydrogen-bond acceptors (Lipinski definition) is 4. The van der Waals surface area contributed by atoms with E-state index in [2.05, 4.69) is 46.4 Å². The van der Waals surface area contributed by atoms with E-state index in [0.717, 1.165) is 17.8 Å². The van der Waals surface area contributed by atoms with Gasteiger partial charge < -0.3 is 10.2 Å². The third kappa shape index (κ3) is 3.25. The molecular weight excluding hydrogens is 336 g/mol. The van der Waals surface area contributed by atoms with Crippen LogP contribution in [0.1, 0.15) is 28.4 Å². The summed E-state index contributed by atoms with van der Waals surface area (Å²) in [4.78, 5) is 19.1. The van der Waals surface area contributed by atoms with E-state index in [1.807, 2.05) is 12.1 Å². The Bertz CT molecular complexity index is 1040. The van der Waals surface area contributed by atoms with Gasteiger partial charge in [-0.05, 0) is 55.3 Å². The molecule has 5 heteroatoms. The van der Waals surface area contributed by atoms with Crippen LogP contribution in [0.4, 0.5) is 17.1 Å². The Morgan fingerprint density at radius 1 is 1.19 bits per heavy atom. The molecule has 0 saturated carbocycles. The quantitative estimate of drug-likeness (QED) is 0.762. The van der Waals surface area contributed by atoms with E-state index in [4.69, 9.17) is 5.26 Å². The second-order valence-corrected chi connectivity index (χ2v) is 6.63. The van der Waals surface area contributed by atoms with Crippen molar-refractivity contribution >= 4 is 23.0 Å². The zero-order chi connectivity index (χ0) is 18.8. The number of para-hydroxylation sites is 1. The lowest BCUT2D eigenvalue weighted by molar-refractivity contribution is 0.102. The molecule has 0 fully saturated rings. The average molecular weight is 354 g/mol. The van der Waals surface area contributed by atoms with Gasteiger partial charge in [-0.1, -0.05) is 18.2 Å². The molecule has 0 aliphatic carbocycles. The van der Waals surface area contributed by atoms with Crippen LogP contribution in [0.5, 0.6) is 0 Å². The van der Waals surface area contributed by atoms with Gasteiger partial charge in [0, 0.05) is 23.6 Å². The number of carbonyl (C=O) groups excluding carboxylic acids is 1. The number of rotatable bonds is 3. The normalized spacial score (nSPS) is 15.1. The summed E-state index contributed by atoms with van der Waals surface area (Å²) >= 11 is 0. The van der Waals surface area contributed by atoms with Gasteiger partial charge in [0.2, 0.25) is 0 Å². The van der Waals surface area contributed by atoms with Gasteiger partial charge in [0.15, 0.2) is 0 Å². The highest BCUT2D eigenvalue weighted by Crippen LogP contribution is 2.37. The van der Waals surface area contributed by atoms with Gasteiger partial charge in [0.1, 0.15) is 0 Å². The van der Waals surface area contributed by atoms with E-state index in [1.54, 1.807) is 36.7 Å². The first-order valence-electron chi connectivity index (χ1n) is 8.79. The molecule has 2 aromatic carbocycles. The number of nitriles is 1. The maximum absolute atomic E-state index is 12.6. The Morgan fingerprint density at radius 3 is 2.74 bits per heavy atom. The SMILES string of the molecule is CC1Cc2ccccc2N1c1cncc(C(=O)Nc2ccc(C#N)cc2)c1. The molecule has 1 atom stereocenters. The van der Waals surface area contributed by atoms with Crippen molar-refractivity contribution in [2.45, 2.75) is 19.4 Å². The molecule has 0 bridgehead atoms. The zero-order valence-corrected chi connectivity index (χ0v) is 14.9. The lowest BCUT2D eigenvalue weighted by Gasteiger charge is -2.25. The van der Waals surface area contributed by atoms with Crippen molar-refractivity contribution in [2.75, 3.05) is 10.2 Å². The second kappa shape index (κ2) is 6.93. The number of aromatic nitrogens is 1. The van der Waals surface area contributed by atoms with E-state index in [0.29, 0.717) is 22.9 Å². The Kier molecular flexibility index (Phi) is 4.31. The minimum absolute atomic E-state index is 0.228. The van der Waals surface area contributed by atoms with Crippen LogP contribution < -0.4 is 10.2 Å². The predicted molar refractivity (Wildman–Crippen MR) is 105 cm³/mol. The molecule has 27 heavy (non-hydrogen) atoms. The number of nitrogens with zero attached hydrogens (tertiary/aromatic N) is 3. The zero-order valence-electron chi connectivity index (χ0n) is 14.9. The van der Waals surface area contributed by atoms with Gasteiger partial charge in [-0.25, -0.2) is 0 Å². The summed E-state index contributed by atoms with van der Waals surface area (Å²) in [5, 5.41) is 11.7. The Morgan fingerprint density at radius 2 is 1.96 bits per heavy atom. The van der Waals surface area contributed by atoms with Crippen molar-refractivity contribution < 1.29 is 4.79 Å². The molecular formula is C22H18N4O. The monoisotopic (exact) mass is 354 g/mol. The predicted octanol–water partition coefficient (Wildman–Crippen LogP) is 4.29. The molecule has 2 heterocycles. The number of carbonyl (C=O) groups is 1. The van der Waals surface area contributed by atoms with Crippen molar-refractivity contribution in [1.82, 2.24) is 4.98 Å². The van der Waals surface area contributed by atoms with Gasteiger partial charge in [-0.15, -0.1) is 0 Å². The molecule has 132 valence electrons. The fourth-order valence-corrected chi connectivity index (χ4v) is 3.47. The van der Waals surface area contributed by atoms with Crippen molar-refractivity contribution in [3.05, 3.63) is 83.7 Å². The second-order valence-electron chi connectivity index (χ2n) is 6.63. The van der Waals surface area contributed by atoms with Crippen LogP contribution in [0.2, 0.25) is 0 Å². The first-order valence-corrected chi connectivity index (χ1v) is 8.79. The standard InChI is InChI=1S/C22H18N4O/c1-15-10-17-4-2-3-5-21(17)26(15)20-11-18(13-24-14-20)22(27)25-19-8-6-16(12-23)7-9-19/h2-9,11,13-15H,10H2,1H3,(H,25,27). The third-order valence-electron chi connectivity index (χ3n) is 4.74. The molecule has 1 unspecified atom stereocenters. The summed E-state index contributed by atoms with van der Waals surface area (Å²) in [5.41, 5.74) is 5.06. The molecule has 1 aliphatic rings. The summed E-state index contributed by atoms with van der Waals surface area (Å²) in [7, 11) is 0. The number of nitrogens with one attached hydrogen (secondary N) is 1. The van der Waals surface area contributed by atoms with Crippen molar-refractivity contribution in [3.63, 3.8) is 0 Å². The van der Waals surface area contributed by atoms with Gasteiger partial charge in [0.25, 0.3) is 5.91 Å². The Balaban J connectivity index is 1.59. The summed E-state index contributed by atoms with van der Waals surface area (Å²) in [5.74, 6) is -0.228. The van der Waals surface area contributed by atoms with E-state index in [1.165, 1.54) is 5.56 Å². The highest BCUT2D eigenvalue weighted by molar-refractivity contribution is 6.04. The van der Waals surface area contributed by atoms with Crippen LogP contribution in [0, 0.1) is 11.3 Å². The summed E-state index contributed by atoms with van der Waals surface area (Å²) in [6.45, 7) is 2.17. The highest BCUT2D eigenvalue weighted by atomic mass is 16.1. The fourth-order valence-electron chi connectivity index (χ4n) is 3.47. The van der Waals surface area contributed by atoms with E-state index in [9.17, 15) is 4.79 Å². The van der Waals surface area contributed by atoms with E-state index >= 15 is 0 Å². The number of pyridine rings is 1. The number of anilines is 3. The molecule has 4 rings (SSSR count). The minimum Gasteiger partial charge on any atom is -0.337 e. The third-order valence-corrected chi connectivity index (χ3v) is 4.74. The summed E-state index contributed by atoms with van der Waals surface area (Å²) in [6.07, 6.45) is 4.32. The summed E-state index contributed by atoms with van der Waals surface area (Å²) in [6, 6.07) is 19.3. The summed E-state index contributed by atoms with van der Waals surface area (Å²) < 4.78 is 0. The first-order chi connectivity index (χ1) is 13.2. The highest BCUT2D eigenvalue weighted by Gasteiger charge is 2.27.